The minimum atomic E-state index is -4.27. The van der Waals surface area contributed by atoms with Crippen molar-refractivity contribution in [2.24, 2.45) is 11.1 Å². The fraction of sp³-hybridized carbons (Fsp3) is 0.348. The Labute approximate surface area is 382 Å². The summed E-state index contributed by atoms with van der Waals surface area (Å²) in [5, 5.41) is 4.84. The zero-order valence-corrected chi connectivity index (χ0v) is 41.1. The third kappa shape index (κ3) is 8.39. The second-order valence-electron chi connectivity index (χ2n) is 17.8. The third-order valence-electron chi connectivity index (χ3n) is 12.0. The van der Waals surface area contributed by atoms with Crippen molar-refractivity contribution >= 4 is 66.5 Å². The van der Waals surface area contributed by atoms with Crippen molar-refractivity contribution in [1.29, 1.82) is 0 Å². The number of carbonyl (C=O) groups excluding carboxylic acids is 1. The summed E-state index contributed by atoms with van der Waals surface area (Å²) in [7, 11) is -6.88. The van der Waals surface area contributed by atoms with Crippen molar-refractivity contribution in [3.63, 3.8) is 0 Å². The molecular weight excluding hydrogens is 939 g/mol. The first kappa shape index (κ1) is 45.6. The highest BCUT2D eigenvalue weighted by Crippen LogP contribution is 2.53. The SMILES string of the molecule is COc1nc(-c2cn(CCOC[Si](C)(C)C)c3c2[C@@H]2C[C@@](OC)(C/C(=N/OS(=O)(=O)c4ccc(C)cc4)[C@@H]2C)C3=O)cnc1-c1cn(S(=O)(=O)c2ccc(C)cc2)c2cc(Br)ccc12. The van der Waals surface area contributed by atoms with Gasteiger partial charge in [-0.3, -0.25) is 9.08 Å². The van der Waals surface area contributed by atoms with Gasteiger partial charge in [0.05, 0.1) is 55.5 Å². The molecular formula is C46H50BrN5O9S2Si. The molecule has 1 saturated carbocycles. The van der Waals surface area contributed by atoms with Crippen LogP contribution in [0.5, 0.6) is 5.88 Å². The molecule has 0 spiro atoms. The highest BCUT2D eigenvalue weighted by molar-refractivity contribution is 9.10. The first-order valence-corrected chi connectivity index (χ1v) is 28.1. The van der Waals surface area contributed by atoms with Crippen LogP contribution in [-0.2, 0) is 40.4 Å². The largest absolute Gasteiger partial charge is 0.479 e. The maximum atomic E-state index is 14.9. The van der Waals surface area contributed by atoms with Crippen LogP contribution in [0, 0.1) is 19.8 Å². The average Bonchev–Trinajstić information content (AvgIpc) is 3.83. The van der Waals surface area contributed by atoms with E-state index >= 15 is 0 Å². The Morgan fingerprint density at radius 3 is 2.23 bits per heavy atom. The van der Waals surface area contributed by atoms with Crippen molar-refractivity contribution < 1.29 is 40.1 Å². The van der Waals surface area contributed by atoms with E-state index in [0.29, 0.717) is 80.7 Å². The number of hydrogen-bond donors (Lipinski definition) is 0. The highest BCUT2D eigenvalue weighted by atomic mass is 79.9. The minimum Gasteiger partial charge on any atom is -0.479 e. The molecule has 3 aromatic carbocycles. The van der Waals surface area contributed by atoms with Gasteiger partial charge in [0.25, 0.3) is 10.0 Å². The topological polar surface area (TPSA) is 170 Å². The zero-order chi connectivity index (χ0) is 45.9. The third-order valence-corrected chi connectivity index (χ3v) is 16.4. The van der Waals surface area contributed by atoms with Crippen LogP contribution in [0.4, 0.5) is 0 Å². The number of aromatic nitrogens is 4. The predicted molar refractivity (Wildman–Crippen MR) is 251 cm³/mol. The van der Waals surface area contributed by atoms with E-state index in [-0.39, 0.29) is 33.8 Å². The second-order valence-corrected chi connectivity index (χ2v) is 27.4. The van der Waals surface area contributed by atoms with E-state index in [1.807, 2.05) is 43.7 Å². The Morgan fingerprint density at radius 2 is 1.59 bits per heavy atom. The maximum absolute atomic E-state index is 14.9. The number of methoxy groups -OCH3 is 2. The van der Waals surface area contributed by atoms with E-state index in [2.05, 4.69) is 40.7 Å². The van der Waals surface area contributed by atoms with Gasteiger partial charge in [0.2, 0.25) is 11.7 Å². The standard InChI is InChI=1S/C46H50BrN5O9S2Si/c1-28-9-14-32(15-10-28)62(54,55)52-26-36(34-18-13-31(47)21-40(34)52)42-45(58-4)49-39(24-48-42)37-25-51(19-20-60-27-64(6,7)8)43-41(37)35-22-46(59-5,44(43)53)23-38(30(35)3)50-61-63(56,57)33-16-11-29(2)12-17-33/h9-18,21,24-26,30,35H,19-20,22-23,27H2,1-8H3/b50-38-/t30-,35-,46-/m1/s1. The molecule has 64 heavy (non-hydrogen) atoms. The molecule has 1 fully saturated rings. The fourth-order valence-corrected chi connectivity index (χ4v) is 11.8. The molecule has 2 bridgehead atoms. The number of benzene rings is 3. The van der Waals surface area contributed by atoms with Gasteiger partial charge in [-0.15, -0.1) is 0 Å². The molecule has 0 aliphatic heterocycles. The van der Waals surface area contributed by atoms with E-state index in [0.717, 1.165) is 11.1 Å². The number of fused-ring (bicyclic) bond motifs is 5. The van der Waals surface area contributed by atoms with Gasteiger partial charge < -0.3 is 18.8 Å². The lowest BCUT2D eigenvalue weighted by molar-refractivity contribution is -0.0159. The van der Waals surface area contributed by atoms with Crippen LogP contribution in [0.15, 0.2) is 105 Å². The lowest BCUT2D eigenvalue weighted by Crippen LogP contribution is -2.54. The predicted octanol–water partition coefficient (Wildman–Crippen LogP) is 8.94. The van der Waals surface area contributed by atoms with Crippen molar-refractivity contribution in [2.75, 3.05) is 27.1 Å². The van der Waals surface area contributed by atoms with Crippen molar-refractivity contribution in [1.82, 2.24) is 18.5 Å². The summed E-state index contributed by atoms with van der Waals surface area (Å²) >= 11 is 3.51. The summed E-state index contributed by atoms with van der Waals surface area (Å²) in [6, 6.07) is 18.3. The molecule has 14 nitrogen and oxygen atoms in total. The van der Waals surface area contributed by atoms with Crippen LogP contribution in [0.3, 0.4) is 0 Å². The molecule has 336 valence electrons. The molecule has 0 N–H and O–H groups in total. The molecule has 3 atom stereocenters. The summed E-state index contributed by atoms with van der Waals surface area (Å²) in [4.78, 5) is 24.9. The Balaban J connectivity index is 1.24. The number of nitrogens with zero attached hydrogens (tertiary/aromatic N) is 5. The number of ether oxygens (including phenoxy) is 3. The molecule has 3 heterocycles. The van der Waals surface area contributed by atoms with Crippen LogP contribution in [-0.4, -0.2) is 87.6 Å². The first-order chi connectivity index (χ1) is 30.3. The molecule has 0 amide bonds. The number of oxime groups is 1. The molecule has 0 radical (unpaired) electrons. The molecule has 2 aliphatic rings. The monoisotopic (exact) mass is 987 g/mol. The van der Waals surface area contributed by atoms with Crippen LogP contribution in [0.1, 0.15) is 52.9 Å². The van der Waals surface area contributed by atoms with Crippen LogP contribution < -0.4 is 4.74 Å². The smallest absolute Gasteiger partial charge is 0.358 e. The van der Waals surface area contributed by atoms with Crippen molar-refractivity contribution in [3.05, 3.63) is 112 Å². The number of aryl methyl sites for hydroxylation is 2. The van der Waals surface area contributed by atoms with Gasteiger partial charge in [-0.25, -0.2) is 22.4 Å². The lowest BCUT2D eigenvalue weighted by Gasteiger charge is -2.46. The van der Waals surface area contributed by atoms with E-state index in [9.17, 15) is 21.6 Å². The van der Waals surface area contributed by atoms with E-state index in [1.54, 1.807) is 48.7 Å². The Morgan fingerprint density at radius 1 is 0.922 bits per heavy atom. The zero-order valence-electron chi connectivity index (χ0n) is 36.9. The molecule has 0 unspecified atom stereocenters. The summed E-state index contributed by atoms with van der Waals surface area (Å²) in [5.74, 6) is -0.921. The number of rotatable bonds is 14. The number of Topliss-reactive ketones (excluding diaryl/α,β-unsaturated/α-hetero) is 1. The summed E-state index contributed by atoms with van der Waals surface area (Å²) in [6.45, 7) is 13.1. The van der Waals surface area contributed by atoms with Crippen LogP contribution >= 0.6 is 15.9 Å². The molecule has 6 aromatic rings. The number of carbonyl (C=O) groups is 1. The molecule has 2 aliphatic carbocycles. The second kappa shape index (κ2) is 17.1. The molecule has 8 rings (SSSR count). The summed E-state index contributed by atoms with van der Waals surface area (Å²) in [6.07, 6.45) is 5.99. The Bertz CT molecular complexity index is 3050. The molecule has 3 aromatic heterocycles. The number of halogens is 1. The van der Waals surface area contributed by atoms with Gasteiger partial charge in [0.1, 0.15) is 16.2 Å². The minimum absolute atomic E-state index is 0.0294. The highest BCUT2D eigenvalue weighted by Gasteiger charge is 2.56. The van der Waals surface area contributed by atoms with Gasteiger partial charge in [-0.1, -0.05) is 89.1 Å². The summed E-state index contributed by atoms with van der Waals surface area (Å²) < 4.78 is 82.2. The number of ketones is 1. The van der Waals surface area contributed by atoms with Crippen LogP contribution in [0.2, 0.25) is 19.6 Å². The van der Waals surface area contributed by atoms with Crippen LogP contribution in [0.25, 0.3) is 33.4 Å². The van der Waals surface area contributed by atoms with Gasteiger partial charge in [-0.2, -0.15) is 8.42 Å². The normalized spacial score (nSPS) is 19.6. The van der Waals surface area contributed by atoms with Gasteiger partial charge in [0.15, 0.2) is 0 Å². The van der Waals surface area contributed by atoms with Crippen molar-refractivity contribution in [3.8, 4) is 28.4 Å². The lowest BCUT2D eigenvalue weighted by atomic mass is 9.62. The fourth-order valence-electron chi connectivity index (χ4n) is 8.57. The quantitative estimate of drug-likeness (QED) is 0.0580. The van der Waals surface area contributed by atoms with Gasteiger partial charge >= 0.3 is 10.1 Å². The van der Waals surface area contributed by atoms with Crippen molar-refractivity contribution in [2.45, 2.75) is 81.1 Å². The Kier molecular flexibility index (Phi) is 12.2. The molecule has 18 heteroatoms. The van der Waals surface area contributed by atoms with E-state index < -0.39 is 39.7 Å². The van der Waals surface area contributed by atoms with Gasteiger partial charge in [0, 0.05) is 65.6 Å². The molecule has 0 saturated heterocycles. The van der Waals surface area contributed by atoms with Gasteiger partial charge in [-0.05, 0) is 68.1 Å². The maximum Gasteiger partial charge on any atom is 0.358 e. The van der Waals surface area contributed by atoms with E-state index in [4.69, 9.17) is 28.5 Å². The first-order valence-electron chi connectivity index (χ1n) is 20.8. The number of hydrogen-bond acceptors (Lipinski definition) is 12. The summed E-state index contributed by atoms with van der Waals surface area (Å²) in [5.41, 5.74) is 4.24. The average molecular weight is 989 g/mol. The Hall–Kier alpha value is -4.98. The van der Waals surface area contributed by atoms with E-state index in [1.165, 1.54) is 36.5 Å².